The molecule has 0 radical (unpaired) electrons. The van der Waals surface area contributed by atoms with Gasteiger partial charge in [0, 0.05) is 0 Å². The molecule has 12 nitrogen and oxygen atoms in total. The Hall–Kier alpha value is -2.92. The first-order valence-corrected chi connectivity index (χ1v) is 16.7. The molecule has 12 heteroatoms. The summed E-state index contributed by atoms with van der Waals surface area (Å²) >= 11 is 0. The molecule has 0 N–H and O–H groups in total. The van der Waals surface area contributed by atoms with Crippen molar-refractivity contribution in [2.75, 3.05) is 13.2 Å². The number of unbranched alkanes of at least 4 members (excludes halogenated alkanes) is 2. The van der Waals surface area contributed by atoms with Gasteiger partial charge < -0.3 is 18.9 Å². The zero-order chi connectivity index (χ0) is 32.4. The van der Waals surface area contributed by atoms with Crippen LogP contribution in [-0.4, -0.2) is 50.0 Å². The molecular weight excluding hydrogens is 576 g/mol. The van der Waals surface area contributed by atoms with Gasteiger partial charge >= 0.3 is 24.6 Å². The summed E-state index contributed by atoms with van der Waals surface area (Å²) in [5, 5.41) is 0. The van der Waals surface area contributed by atoms with Crippen LogP contribution in [0.1, 0.15) is 143 Å². The molecule has 0 bridgehead atoms. The van der Waals surface area contributed by atoms with E-state index in [2.05, 4.69) is 33.4 Å². The first-order chi connectivity index (χ1) is 21.3. The molecule has 0 aromatic rings. The fraction of sp³-hybridized carbons (Fsp3) is 0.875. The van der Waals surface area contributed by atoms with E-state index in [1.165, 1.54) is 12.8 Å². The van der Waals surface area contributed by atoms with Crippen LogP contribution in [0.15, 0.2) is 0 Å². The van der Waals surface area contributed by atoms with Crippen LogP contribution in [0.3, 0.4) is 0 Å². The molecule has 44 heavy (non-hydrogen) atoms. The van der Waals surface area contributed by atoms with E-state index in [4.69, 9.17) is 18.9 Å². The van der Waals surface area contributed by atoms with Gasteiger partial charge in [-0.2, -0.15) is 38.7 Å². The molecule has 2 aliphatic carbocycles. The van der Waals surface area contributed by atoms with Gasteiger partial charge in [-0.15, -0.1) is 0 Å². The zero-order valence-electron chi connectivity index (χ0n) is 27.4. The molecule has 2 unspecified atom stereocenters. The molecule has 0 saturated heterocycles. The van der Waals surface area contributed by atoms with Gasteiger partial charge in [0.1, 0.15) is 12.2 Å². The van der Waals surface area contributed by atoms with Crippen molar-refractivity contribution in [3.05, 3.63) is 0 Å². The smallest absolute Gasteiger partial charge is 0.431 e. The number of carbonyl (C=O) groups is 4. The predicted octanol–water partition coefficient (Wildman–Crippen LogP) is 9.51. The minimum Gasteiger partial charge on any atom is -0.431 e. The van der Waals surface area contributed by atoms with E-state index in [-0.39, 0.29) is 25.4 Å². The van der Waals surface area contributed by atoms with E-state index in [9.17, 15) is 19.2 Å². The minimum absolute atomic E-state index is 0.130. The summed E-state index contributed by atoms with van der Waals surface area (Å²) < 4.78 is 20.0. The van der Waals surface area contributed by atoms with Crippen LogP contribution in [0.2, 0.25) is 0 Å². The van der Waals surface area contributed by atoms with Crippen molar-refractivity contribution in [1.82, 2.24) is 0 Å². The summed E-state index contributed by atoms with van der Waals surface area (Å²) in [6.45, 7) is 8.86. The summed E-state index contributed by atoms with van der Waals surface area (Å²) in [4.78, 5) is 62.7. The highest BCUT2D eigenvalue weighted by atomic mass is 17.3. The number of ether oxygens (including phenoxy) is 4. The third kappa shape index (κ3) is 20.1. The normalized spacial score (nSPS) is 16.6. The fourth-order valence-corrected chi connectivity index (χ4v) is 5.03. The van der Waals surface area contributed by atoms with E-state index in [0.717, 1.165) is 103 Å². The van der Waals surface area contributed by atoms with E-state index in [1.54, 1.807) is 0 Å². The first kappa shape index (κ1) is 39.1. The van der Waals surface area contributed by atoms with E-state index >= 15 is 0 Å². The van der Waals surface area contributed by atoms with Crippen LogP contribution in [-0.2, 0) is 38.5 Å². The van der Waals surface area contributed by atoms with Gasteiger partial charge in [0.25, 0.3) is 0 Å². The highest BCUT2D eigenvalue weighted by molar-refractivity contribution is 5.64. The highest BCUT2D eigenvalue weighted by Gasteiger charge is 2.23. The van der Waals surface area contributed by atoms with Crippen LogP contribution >= 0.6 is 0 Å². The Kier molecular flexibility index (Phi) is 22.6. The Morgan fingerprint density at radius 1 is 0.523 bits per heavy atom. The number of rotatable bonds is 14. The summed E-state index contributed by atoms with van der Waals surface area (Å²) in [7, 11) is 0. The van der Waals surface area contributed by atoms with Crippen LogP contribution < -0.4 is 0 Å². The predicted molar refractivity (Wildman–Crippen MR) is 160 cm³/mol. The van der Waals surface area contributed by atoms with E-state index in [0.29, 0.717) is 11.8 Å². The van der Waals surface area contributed by atoms with E-state index < -0.39 is 24.6 Å². The molecule has 0 aliphatic heterocycles. The van der Waals surface area contributed by atoms with E-state index in [1.807, 2.05) is 13.8 Å². The Labute approximate surface area is 262 Å². The highest BCUT2D eigenvalue weighted by Crippen LogP contribution is 2.22. The maximum Gasteiger partial charge on any atom is 0.550 e. The Morgan fingerprint density at radius 2 is 0.864 bits per heavy atom. The third-order valence-corrected chi connectivity index (χ3v) is 7.95. The van der Waals surface area contributed by atoms with Gasteiger partial charge in [0.15, 0.2) is 0 Å². The monoisotopic (exact) mass is 632 g/mol. The molecule has 0 aromatic carbocycles. The summed E-state index contributed by atoms with van der Waals surface area (Å²) in [5.74, 6) is 0.599. The van der Waals surface area contributed by atoms with Crippen molar-refractivity contribution in [1.29, 1.82) is 0 Å². The Morgan fingerprint density at radius 3 is 1.18 bits per heavy atom. The largest absolute Gasteiger partial charge is 0.550 e. The standard InChI is InChI=1S/C18H34O6.C14H22O6/c1-5-9-11-15(7-3)13-21-17(19)23-24-18(20)22-14-16(8-4)12-10-6-2;15-13(17-11-7-3-1-4-8-11)19-20-14(16)18-12-9-5-2-6-10-12/h15-16H,5-14H2,1-4H3;11-12H,1-10H2. The summed E-state index contributed by atoms with van der Waals surface area (Å²) in [5.41, 5.74) is 0. The number of hydrogen-bond acceptors (Lipinski definition) is 12. The van der Waals surface area contributed by atoms with Crippen molar-refractivity contribution >= 4 is 24.6 Å². The second-order valence-corrected chi connectivity index (χ2v) is 11.5. The third-order valence-electron chi connectivity index (χ3n) is 7.95. The molecule has 0 heterocycles. The lowest BCUT2D eigenvalue weighted by Gasteiger charge is -2.21. The lowest BCUT2D eigenvalue weighted by molar-refractivity contribution is -0.226. The summed E-state index contributed by atoms with van der Waals surface area (Å²) in [6.07, 6.45) is 13.9. The maximum atomic E-state index is 11.4. The SMILES string of the molecule is CCCCC(CC)COC(=O)OOC(=O)OCC(CC)CCCC.O=C(OOC(=O)OC1CCCCC1)OC1CCCCC1. The second-order valence-electron chi connectivity index (χ2n) is 11.5. The molecule has 0 spiro atoms. The number of carbonyl (C=O) groups excluding carboxylic acids is 4. The molecule has 2 aliphatic rings. The molecular formula is C32H56O12. The van der Waals surface area contributed by atoms with Gasteiger partial charge in [-0.25, -0.2) is 0 Å². The van der Waals surface area contributed by atoms with Crippen LogP contribution in [0, 0.1) is 11.8 Å². The fourth-order valence-electron chi connectivity index (χ4n) is 5.03. The lowest BCUT2D eigenvalue weighted by Crippen LogP contribution is -2.25. The minimum atomic E-state index is -1.01. The second kappa shape index (κ2) is 25.4. The van der Waals surface area contributed by atoms with Crippen molar-refractivity contribution in [2.24, 2.45) is 11.8 Å². The Balaban J connectivity index is 0.000000445. The van der Waals surface area contributed by atoms with Crippen LogP contribution in [0.5, 0.6) is 0 Å². The molecule has 256 valence electrons. The van der Waals surface area contributed by atoms with Crippen molar-refractivity contribution in [3.63, 3.8) is 0 Å². The van der Waals surface area contributed by atoms with Crippen molar-refractivity contribution in [2.45, 2.75) is 155 Å². The molecule has 0 aromatic heterocycles. The van der Waals surface area contributed by atoms with Gasteiger partial charge in [-0.3, -0.25) is 0 Å². The van der Waals surface area contributed by atoms with Crippen LogP contribution in [0.25, 0.3) is 0 Å². The molecule has 0 amide bonds. The van der Waals surface area contributed by atoms with Gasteiger partial charge in [0.2, 0.25) is 0 Å². The van der Waals surface area contributed by atoms with Crippen LogP contribution in [0.4, 0.5) is 19.2 Å². The average molecular weight is 633 g/mol. The molecule has 2 saturated carbocycles. The lowest BCUT2D eigenvalue weighted by atomic mass is 9.98. The van der Waals surface area contributed by atoms with Crippen molar-refractivity contribution in [3.8, 4) is 0 Å². The van der Waals surface area contributed by atoms with Crippen molar-refractivity contribution < 1.29 is 57.7 Å². The number of hydrogen-bond donors (Lipinski definition) is 0. The molecule has 2 atom stereocenters. The van der Waals surface area contributed by atoms with Gasteiger partial charge in [0.05, 0.1) is 13.2 Å². The van der Waals surface area contributed by atoms with Gasteiger partial charge in [-0.1, -0.05) is 79.1 Å². The van der Waals surface area contributed by atoms with Gasteiger partial charge in [-0.05, 0) is 76.0 Å². The average Bonchev–Trinajstić information content (AvgIpc) is 3.04. The summed E-state index contributed by atoms with van der Waals surface area (Å²) in [6, 6.07) is 0. The first-order valence-electron chi connectivity index (χ1n) is 16.7. The maximum absolute atomic E-state index is 11.4. The topological polar surface area (TPSA) is 142 Å². The Bertz CT molecular complexity index is 713. The zero-order valence-corrected chi connectivity index (χ0v) is 27.4. The molecule has 2 rings (SSSR count). The molecule has 2 fully saturated rings. The quantitative estimate of drug-likeness (QED) is 0.0778.